The molecule has 0 saturated carbocycles. The van der Waals surface area contributed by atoms with Gasteiger partial charge in [0.25, 0.3) is 0 Å². The van der Waals surface area contributed by atoms with Crippen molar-refractivity contribution < 1.29 is 14.2 Å². The molecule has 4 rings (SSSR count). The van der Waals surface area contributed by atoms with Gasteiger partial charge < -0.3 is 25.3 Å². The number of morpholine rings is 1. The Bertz CT molecular complexity index is 1170. The lowest BCUT2D eigenvalue weighted by molar-refractivity contribution is 0.0288. The molecule has 2 unspecified atom stereocenters. The zero-order valence-electron chi connectivity index (χ0n) is 21.9. The maximum absolute atomic E-state index is 6.28. The fraction of sp³-hybridized carbons (Fsp3) is 0.414. The summed E-state index contributed by atoms with van der Waals surface area (Å²) in [5.74, 6) is 4.16. The van der Waals surface area contributed by atoms with Gasteiger partial charge in [-0.25, -0.2) is 9.98 Å². The van der Waals surface area contributed by atoms with E-state index in [0.29, 0.717) is 36.7 Å². The minimum Gasteiger partial charge on any atom is -0.479 e. The molecule has 38 heavy (non-hydrogen) atoms. The number of nitrogens with one attached hydrogen (secondary N) is 1. The molecule has 1 saturated heterocycles. The van der Waals surface area contributed by atoms with Gasteiger partial charge in [0, 0.05) is 38.4 Å². The van der Waals surface area contributed by atoms with Gasteiger partial charge in [0.05, 0.1) is 43.1 Å². The van der Waals surface area contributed by atoms with Gasteiger partial charge in [0.2, 0.25) is 5.95 Å². The average Bonchev–Trinajstić information content (AvgIpc) is 2.94. The molecule has 0 amide bonds. The van der Waals surface area contributed by atoms with Crippen LogP contribution in [0.3, 0.4) is 0 Å². The number of nitrogens with zero attached hydrogens (tertiary/aromatic N) is 4. The number of aliphatic imine (C=N–C) groups is 1. The summed E-state index contributed by atoms with van der Waals surface area (Å²) in [6.45, 7) is 7.51. The van der Waals surface area contributed by atoms with E-state index in [-0.39, 0.29) is 18.2 Å². The number of terminal acetylenes is 1. The number of nitrogen functional groups attached to an aromatic ring is 1. The lowest BCUT2D eigenvalue weighted by Crippen LogP contribution is -2.38. The van der Waals surface area contributed by atoms with Crippen molar-refractivity contribution in [2.45, 2.75) is 32.0 Å². The van der Waals surface area contributed by atoms with Gasteiger partial charge in [-0.3, -0.25) is 4.90 Å². The molecule has 1 aromatic rings. The van der Waals surface area contributed by atoms with Crippen LogP contribution >= 0.6 is 0 Å². The molecule has 0 spiro atoms. The highest BCUT2D eigenvalue weighted by Crippen LogP contribution is 2.21. The van der Waals surface area contributed by atoms with E-state index >= 15 is 0 Å². The fourth-order valence-corrected chi connectivity index (χ4v) is 4.21. The van der Waals surface area contributed by atoms with Gasteiger partial charge in [0.1, 0.15) is 12.4 Å². The van der Waals surface area contributed by atoms with E-state index in [1.807, 2.05) is 37.3 Å². The van der Waals surface area contributed by atoms with Crippen LogP contribution in [0.15, 0.2) is 65.4 Å². The summed E-state index contributed by atoms with van der Waals surface area (Å²) in [6.07, 6.45) is 22.7. The quantitative estimate of drug-likeness (QED) is 0.360. The van der Waals surface area contributed by atoms with Crippen LogP contribution in [-0.2, 0) is 14.2 Å². The molecule has 3 N–H and O–H groups in total. The van der Waals surface area contributed by atoms with Crippen LogP contribution in [0.5, 0.6) is 0 Å². The monoisotopic (exact) mass is 516 g/mol. The van der Waals surface area contributed by atoms with Crippen molar-refractivity contribution in [3.8, 4) is 12.3 Å². The Balaban J connectivity index is 1.21. The lowest BCUT2D eigenvalue weighted by Gasteiger charge is -2.27. The summed E-state index contributed by atoms with van der Waals surface area (Å²) in [6, 6.07) is 1.81. The highest BCUT2D eigenvalue weighted by molar-refractivity contribution is 5.79. The largest absolute Gasteiger partial charge is 0.479 e. The van der Waals surface area contributed by atoms with Crippen LogP contribution in [0, 0.1) is 12.3 Å². The third-order valence-corrected chi connectivity index (χ3v) is 6.27. The number of ether oxygens (including phenoxy) is 3. The minimum absolute atomic E-state index is 0.00246. The van der Waals surface area contributed by atoms with E-state index in [2.05, 4.69) is 49.3 Å². The summed E-state index contributed by atoms with van der Waals surface area (Å²) >= 11 is 0. The first-order valence-corrected chi connectivity index (χ1v) is 13.0. The molecule has 0 bridgehead atoms. The zero-order valence-corrected chi connectivity index (χ0v) is 21.9. The summed E-state index contributed by atoms with van der Waals surface area (Å²) in [5.41, 5.74) is 8.30. The van der Waals surface area contributed by atoms with E-state index in [4.69, 9.17) is 26.4 Å². The Morgan fingerprint density at radius 2 is 2.16 bits per heavy atom. The summed E-state index contributed by atoms with van der Waals surface area (Å²) < 4.78 is 17.6. The van der Waals surface area contributed by atoms with E-state index in [9.17, 15) is 0 Å². The molecular weight excluding hydrogens is 480 g/mol. The second-order valence-corrected chi connectivity index (χ2v) is 9.06. The number of anilines is 2. The molecule has 2 atom stereocenters. The lowest BCUT2D eigenvalue weighted by atomic mass is 10.0. The topological polar surface area (TPSA) is 107 Å². The van der Waals surface area contributed by atoms with Crippen LogP contribution in [0.25, 0.3) is 5.57 Å². The van der Waals surface area contributed by atoms with Crippen LogP contribution in [0.1, 0.15) is 25.5 Å². The van der Waals surface area contributed by atoms with Gasteiger partial charge in [-0.1, -0.05) is 36.3 Å². The molecule has 200 valence electrons. The second-order valence-electron chi connectivity index (χ2n) is 9.06. The Kier molecular flexibility index (Phi) is 10.3. The smallest absolute Gasteiger partial charge is 0.222 e. The molecule has 1 aromatic heterocycles. The molecule has 9 heteroatoms. The van der Waals surface area contributed by atoms with Crippen molar-refractivity contribution in [2.75, 3.05) is 57.1 Å². The van der Waals surface area contributed by atoms with Crippen molar-refractivity contribution in [1.29, 1.82) is 0 Å². The predicted octanol–water partition coefficient (Wildman–Crippen LogP) is 3.37. The van der Waals surface area contributed by atoms with Gasteiger partial charge in [-0.15, -0.1) is 6.42 Å². The van der Waals surface area contributed by atoms with E-state index in [1.54, 1.807) is 6.20 Å². The molecular formula is C29H36N6O3. The number of nitrogens with two attached hydrogens (primary N) is 1. The van der Waals surface area contributed by atoms with Gasteiger partial charge >= 0.3 is 0 Å². The zero-order chi connectivity index (χ0) is 26.6. The number of aromatic nitrogens is 2. The van der Waals surface area contributed by atoms with E-state index in [1.165, 1.54) is 0 Å². The Hall–Kier alpha value is -3.71. The van der Waals surface area contributed by atoms with Gasteiger partial charge in [-0.2, -0.15) is 4.98 Å². The van der Waals surface area contributed by atoms with Crippen LogP contribution in [0.4, 0.5) is 11.8 Å². The number of allylic oxidation sites excluding steroid dienone is 4. The normalized spacial score (nSPS) is 22.2. The van der Waals surface area contributed by atoms with Crippen LogP contribution < -0.4 is 11.1 Å². The third kappa shape index (κ3) is 8.42. The number of rotatable bonds is 10. The maximum Gasteiger partial charge on any atom is 0.222 e. The Morgan fingerprint density at radius 1 is 1.29 bits per heavy atom. The molecule has 9 nitrogen and oxygen atoms in total. The molecule has 3 heterocycles. The first-order chi connectivity index (χ1) is 18.6. The average molecular weight is 517 g/mol. The SMILES string of the molecule is C#C/C(=C\C=C/C)c1cc(NCC2=CCC(OC3C=CN=C(OCCN4CCOCC4)C3)C=C2)nc(N)n1. The predicted molar refractivity (Wildman–Crippen MR) is 151 cm³/mol. The summed E-state index contributed by atoms with van der Waals surface area (Å²) in [4.78, 5) is 15.3. The Labute approximate surface area is 224 Å². The third-order valence-electron chi connectivity index (χ3n) is 6.27. The highest BCUT2D eigenvalue weighted by atomic mass is 16.5. The minimum atomic E-state index is -0.0583. The van der Waals surface area contributed by atoms with Crippen molar-refractivity contribution in [2.24, 2.45) is 4.99 Å². The molecule has 0 aromatic carbocycles. The molecule has 2 aliphatic heterocycles. The Morgan fingerprint density at radius 3 is 2.92 bits per heavy atom. The first-order valence-electron chi connectivity index (χ1n) is 13.0. The standard InChI is InChI=1S/C29H36N6O3/c1-3-5-6-23(4-2)26-20-27(34-29(30)33-26)32-21-22-7-9-24(10-8-22)38-25-11-12-31-28(19-25)37-18-15-35-13-16-36-17-14-35/h2-3,5-9,11-12,20,24-25H,10,13-19,21H2,1H3,(H3,30,32,33,34)/b5-3-,23-6+. The second kappa shape index (κ2) is 14.3. The van der Waals surface area contributed by atoms with Crippen molar-refractivity contribution in [3.05, 3.63) is 66.1 Å². The maximum atomic E-state index is 6.28. The molecule has 1 aliphatic carbocycles. The van der Waals surface area contributed by atoms with E-state index in [0.717, 1.165) is 50.7 Å². The summed E-state index contributed by atoms with van der Waals surface area (Å²) in [5, 5.41) is 3.32. The van der Waals surface area contributed by atoms with Crippen LogP contribution in [0.2, 0.25) is 0 Å². The molecule has 1 fully saturated rings. The van der Waals surface area contributed by atoms with Crippen molar-refractivity contribution >= 4 is 23.2 Å². The number of hydrogen-bond acceptors (Lipinski definition) is 9. The van der Waals surface area contributed by atoms with Gasteiger partial charge in [-0.05, 0) is 31.1 Å². The van der Waals surface area contributed by atoms with Crippen molar-refractivity contribution in [3.63, 3.8) is 0 Å². The van der Waals surface area contributed by atoms with E-state index < -0.39 is 0 Å². The molecule has 3 aliphatic rings. The first kappa shape index (κ1) is 27.3. The highest BCUT2D eigenvalue weighted by Gasteiger charge is 2.20. The van der Waals surface area contributed by atoms with Gasteiger partial charge in [0.15, 0.2) is 5.90 Å². The molecule has 0 radical (unpaired) electrons. The van der Waals surface area contributed by atoms with Crippen LogP contribution in [-0.4, -0.2) is 79.0 Å². The summed E-state index contributed by atoms with van der Waals surface area (Å²) in [7, 11) is 0. The number of hydrogen-bond donors (Lipinski definition) is 2. The fourth-order valence-electron chi connectivity index (χ4n) is 4.21. The van der Waals surface area contributed by atoms with Crippen molar-refractivity contribution in [1.82, 2.24) is 14.9 Å².